The Bertz CT molecular complexity index is 321. The predicted molar refractivity (Wildman–Crippen MR) is 77.3 cm³/mol. The van der Waals surface area contributed by atoms with Crippen molar-refractivity contribution < 1.29 is 9.87 Å². The Hall–Kier alpha value is -0.390. The SMILES string of the molecule is Cl.Cl.Fc1ccccc1CN1CCCNCC1.O. The van der Waals surface area contributed by atoms with Gasteiger partial charge in [-0.2, -0.15) is 0 Å². The summed E-state index contributed by atoms with van der Waals surface area (Å²) in [6, 6.07) is 7.04. The smallest absolute Gasteiger partial charge is 0.127 e. The molecular weight excluding hydrogens is 278 g/mol. The average molecular weight is 299 g/mol. The maximum absolute atomic E-state index is 13.4. The topological polar surface area (TPSA) is 46.8 Å². The van der Waals surface area contributed by atoms with E-state index in [1.807, 2.05) is 12.1 Å². The van der Waals surface area contributed by atoms with Crippen LogP contribution in [0, 0.1) is 5.82 Å². The summed E-state index contributed by atoms with van der Waals surface area (Å²) in [5.74, 6) is -0.0882. The van der Waals surface area contributed by atoms with Crippen LogP contribution in [-0.2, 0) is 6.54 Å². The van der Waals surface area contributed by atoms with Gasteiger partial charge in [-0.1, -0.05) is 18.2 Å². The second-order valence-electron chi connectivity index (χ2n) is 3.97. The van der Waals surface area contributed by atoms with E-state index in [1.165, 1.54) is 6.07 Å². The van der Waals surface area contributed by atoms with Crippen LogP contribution in [0.5, 0.6) is 0 Å². The summed E-state index contributed by atoms with van der Waals surface area (Å²) in [6.07, 6.45) is 1.15. The second kappa shape index (κ2) is 10.5. The molecule has 106 valence electrons. The Kier molecular flexibility index (Phi) is 11.7. The molecule has 3 nitrogen and oxygen atoms in total. The second-order valence-corrected chi connectivity index (χ2v) is 3.97. The molecule has 0 spiro atoms. The van der Waals surface area contributed by atoms with E-state index in [4.69, 9.17) is 0 Å². The van der Waals surface area contributed by atoms with Crippen molar-refractivity contribution >= 4 is 24.8 Å². The third kappa shape index (κ3) is 5.98. The summed E-state index contributed by atoms with van der Waals surface area (Å²) < 4.78 is 13.4. The highest BCUT2D eigenvalue weighted by molar-refractivity contribution is 5.85. The molecule has 1 fully saturated rings. The van der Waals surface area contributed by atoms with Gasteiger partial charge in [0.1, 0.15) is 5.82 Å². The molecule has 1 aromatic carbocycles. The standard InChI is InChI=1S/C12H17FN2.2ClH.H2O/c13-12-5-2-1-4-11(12)10-15-8-3-6-14-7-9-15;;;/h1-2,4-5,14H,3,6-10H2;2*1H;1H2. The van der Waals surface area contributed by atoms with Crippen LogP contribution in [0.15, 0.2) is 24.3 Å². The number of hydrogen-bond acceptors (Lipinski definition) is 2. The van der Waals surface area contributed by atoms with Crippen molar-refractivity contribution in [2.24, 2.45) is 0 Å². The summed E-state index contributed by atoms with van der Waals surface area (Å²) in [6.45, 7) is 4.88. The molecule has 0 amide bonds. The predicted octanol–water partition coefficient (Wildman–Crippen LogP) is 1.64. The van der Waals surface area contributed by atoms with Crippen molar-refractivity contribution in [2.75, 3.05) is 26.2 Å². The normalized spacial score (nSPS) is 15.6. The zero-order valence-corrected chi connectivity index (χ0v) is 11.8. The van der Waals surface area contributed by atoms with E-state index in [9.17, 15) is 4.39 Å². The first-order chi connectivity index (χ1) is 7.36. The molecular formula is C12H21Cl2FN2O. The van der Waals surface area contributed by atoms with Crippen LogP contribution >= 0.6 is 24.8 Å². The van der Waals surface area contributed by atoms with Crippen LogP contribution in [0.2, 0.25) is 0 Å². The van der Waals surface area contributed by atoms with Gasteiger partial charge < -0.3 is 10.8 Å². The van der Waals surface area contributed by atoms with Crippen molar-refractivity contribution in [1.82, 2.24) is 10.2 Å². The zero-order valence-electron chi connectivity index (χ0n) is 10.2. The van der Waals surface area contributed by atoms with E-state index < -0.39 is 0 Å². The molecule has 1 heterocycles. The fraction of sp³-hybridized carbons (Fsp3) is 0.500. The molecule has 1 saturated heterocycles. The molecule has 0 unspecified atom stereocenters. The molecule has 1 aliphatic rings. The summed E-state index contributed by atoms with van der Waals surface area (Å²) >= 11 is 0. The van der Waals surface area contributed by atoms with E-state index in [0.717, 1.165) is 44.7 Å². The lowest BCUT2D eigenvalue weighted by atomic mass is 10.2. The first kappa shape index (κ1) is 19.9. The van der Waals surface area contributed by atoms with Gasteiger partial charge in [0, 0.05) is 25.2 Å². The zero-order chi connectivity index (χ0) is 10.5. The molecule has 0 atom stereocenters. The van der Waals surface area contributed by atoms with E-state index in [2.05, 4.69) is 10.2 Å². The molecule has 1 aliphatic heterocycles. The molecule has 0 aliphatic carbocycles. The number of nitrogens with one attached hydrogen (secondary N) is 1. The number of halogens is 3. The van der Waals surface area contributed by atoms with Gasteiger partial charge in [-0.3, -0.25) is 4.90 Å². The van der Waals surface area contributed by atoms with Crippen LogP contribution in [0.4, 0.5) is 4.39 Å². The van der Waals surface area contributed by atoms with Gasteiger partial charge in [0.25, 0.3) is 0 Å². The average Bonchev–Trinajstić information content (AvgIpc) is 2.50. The van der Waals surface area contributed by atoms with Gasteiger partial charge in [-0.15, -0.1) is 24.8 Å². The van der Waals surface area contributed by atoms with Crippen molar-refractivity contribution in [3.05, 3.63) is 35.6 Å². The fourth-order valence-corrected chi connectivity index (χ4v) is 1.93. The molecule has 0 radical (unpaired) electrons. The van der Waals surface area contributed by atoms with Crippen LogP contribution < -0.4 is 5.32 Å². The molecule has 0 bridgehead atoms. The van der Waals surface area contributed by atoms with Crippen molar-refractivity contribution in [2.45, 2.75) is 13.0 Å². The lowest BCUT2D eigenvalue weighted by Crippen LogP contribution is -2.27. The van der Waals surface area contributed by atoms with Gasteiger partial charge >= 0.3 is 0 Å². The Balaban J connectivity index is 0. The number of benzene rings is 1. The van der Waals surface area contributed by atoms with E-state index in [0.29, 0.717) is 0 Å². The molecule has 0 saturated carbocycles. The lowest BCUT2D eigenvalue weighted by molar-refractivity contribution is 0.280. The van der Waals surface area contributed by atoms with E-state index in [-0.39, 0.29) is 36.1 Å². The van der Waals surface area contributed by atoms with Gasteiger partial charge in [0.2, 0.25) is 0 Å². The molecule has 1 aromatic rings. The third-order valence-corrected chi connectivity index (χ3v) is 2.78. The Morgan fingerprint density at radius 1 is 1.11 bits per heavy atom. The van der Waals surface area contributed by atoms with Gasteiger partial charge in [-0.05, 0) is 25.6 Å². The minimum absolute atomic E-state index is 0. The summed E-state index contributed by atoms with van der Waals surface area (Å²) in [5, 5.41) is 3.34. The highest BCUT2D eigenvalue weighted by atomic mass is 35.5. The molecule has 0 aromatic heterocycles. The van der Waals surface area contributed by atoms with Gasteiger partial charge in [-0.25, -0.2) is 4.39 Å². The molecule has 3 N–H and O–H groups in total. The third-order valence-electron chi connectivity index (χ3n) is 2.78. The van der Waals surface area contributed by atoms with Crippen LogP contribution in [0.1, 0.15) is 12.0 Å². The fourth-order valence-electron chi connectivity index (χ4n) is 1.93. The first-order valence-electron chi connectivity index (χ1n) is 5.53. The maximum atomic E-state index is 13.4. The summed E-state index contributed by atoms with van der Waals surface area (Å²) in [4.78, 5) is 2.30. The summed E-state index contributed by atoms with van der Waals surface area (Å²) in [5.41, 5.74) is 0.805. The number of hydrogen-bond donors (Lipinski definition) is 1. The largest absolute Gasteiger partial charge is 0.412 e. The van der Waals surface area contributed by atoms with Crippen LogP contribution in [0.3, 0.4) is 0 Å². The Labute approximate surface area is 120 Å². The maximum Gasteiger partial charge on any atom is 0.127 e. The van der Waals surface area contributed by atoms with Crippen LogP contribution in [0.25, 0.3) is 0 Å². The number of nitrogens with zero attached hydrogens (tertiary/aromatic N) is 1. The molecule has 18 heavy (non-hydrogen) atoms. The van der Waals surface area contributed by atoms with Crippen molar-refractivity contribution in [3.63, 3.8) is 0 Å². The highest BCUT2D eigenvalue weighted by Crippen LogP contribution is 2.10. The van der Waals surface area contributed by atoms with Gasteiger partial charge in [0.05, 0.1) is 0 Å². The Morgan fingerprint density at radius 2 is 1.83 bits per heavy atom. The Morgan fingerprint density at radius 3 is 2.56 bits per heavy atom. The van der Waals surface area contributed by atoms with E-state index >= 15 is 0 Å². The van der Waals surface area contributed by atoms with Crippen molar-refractivity contribution in [1.29, 1.82) is 0 Å². The minimum Gasteiger partial charge on any atom is -0.412 e. The molecule has 2 rings (SSSR count). The quantitative estimate of drug-likeness (QED) is 0.902. The summed E-state index contributed by atoms with van der Waals surface area (Å²) in [7, 11) is 0. The molecule has 6 heteroatoms. The minimum atomic E-state index is -0.0882. The highest BCUT2D eigenvalue weighted by Gasteiger charge is 2.10. The monoisotopic (exact) mass is 298 g/mol. The lowest BCUT2D eigenvalue weighted by Gasteiger charge is -2.19. The first-order valence-corrected chi connectivity index (χ1v) is 5.53. The van der Waals surface area contributed by atoms with Crippen molar-refractivity contribution in [3.8, 4) is 0 Å². The van der Waals surface area contributed by atoms with Crippen LogP contribution in [-0.4, -0.2) is 36.6 Å². The van der Waals surface area contributed by atoms with E-state index in [1.54, 1.807) is 6.07 Å². The van der Waals surface area contributed by atoms with Gasteiger partial charge in [0.15, 0.2) is 0 Å². The number of rotatable bonds is 2.